The van der Waals surface area contributed by atoms with E-state index in [9.17, 15) is 13.2 Å². The van der Waals surface area contributed by atoms with Crippen molar-refractivity contribution in [3.8, 4) is 11.5 Å². The van der Waals surface area contributed by atoms with Crippen LogP contribution in [0, 0.1) is 0 Å². The number of rotatable bonds is 4. The summed E-state index contributed by atoms with van der Waals surface area (Å²) < 4.78 is 33.6. The first-order valence-corrected chi connectivity index (χ1v) is 8.40. The Morgan fingerprint density at radius 3 is 2.24 bits per heavy atom. The second kappa shape index (κ2) is 5.93. The molecule has 1 amide bonds. The summed E-state index contributed by atoms with van der Waals surface area (Å²) in [6, 6.07) is 4.77. The van der Waals surface area contributed by atoms with Gasteiger partial charge in [0.05, 0.1) is 25.7 Å². The molecule has 0 bridgehead atoms. The molecule has 0 spiro atoms. The number of sulfone groups is 1. The predicted molar refractivity (Wildman–Crippen MR) is 78.7 cm³/mol. The molecule has 0 radical (unpaired) electrons. The van der Waals surface area contributed by atoms with E-state index in [1.54, 1.807) is 25.2 Å². The van der Waals surface area contributed by atoms with Gasteiger partial charge >= 0.3 is 0 Å². The van der Waals surface area contributed by atoms with Gasteiger partial charge in [-0.2, -0.15) is 0 Å². The molecule has 116 valence electrons. The van der Waals surface area contributed by atoms with Gasteiger partial charge in [-0.1, -0.05) is 6.07 Å². The molecule has 1 aromatic carbocycles. The first kappa shape index (κ1) is 15.6. The number of carbonyl (C=O) groups excluding carboxylic acids is 1. The molecule has 6 nitrogen and oxygen atoms in total. The van der Waals surface area contributed by atoms with Gasteiger partial charge in [0.1, 0.15) is 17.1 Å². The summed E-state index contributed by atoms with van der Waals surface area (Å²) in [5.41, 5.74) is 0.314. The van der Waals surface area contributed by atoms with Crippen LogP contribution in [-0.2, 0) is 9.84 Å². The van der Waals surface area contributed by atoms with Crippen LogP contribution in [0.4, 0.5) is 0 Å². The van der Waals surface area contributed by atoms with Crippen molar-refractivity contribution in [3.63, 3.8) is 0 Å². The third kappa shape index (κ3) is 3.12. The molecule has 7 heteroatoms. The normalized spacial score (nSPS) is 20.0. The van der Waals surface area contributed by atoms with Crippen LogP contribution in [0.5, 0.6) is 11.5 Å². The van der Waals surface area contributed by atoms with Crippen molar-refractivity contribution in [2.45, 2.75) is 12.5 Å². The van der Waals surface area contributed by atoms with E-state index >= 15 is 0 Å². The summed E-state index contributed by atoms with van der Waals surface area (Å²) >= 11 is 0. The van der Waals surface area contributed by atoms with Gasteiger partial charge in [-0.05, 0) is 18.6 Å². The first-order chi connectivity index (χ1) is 9.89. The van der Waals surface area contributed by atoms with E-state index in [0.29, 0.717) is 23.5 Å². The maximum absolute atomic E-state index is 12.7. The van der Waals surface area contributed by atoms with Gasteiger partial charge in [-0.15, -0.1) is 0 Å². The smallest absolute Gasteiger partial charge is 0.261 e. The third-order valence-corrected chi connectivity index (χ3v) is 5.47. The van der Waals surface area contributed by atoms with Crippen LogP contribution < -0.4 is 9.47 Å². The van der Waals surface area contributed by atoms with Crippen LogP contribution in [0.15, 0.2) is 18.2 Å². The van der Waals surface area contributed by atoms with E-state index in [-0.39, 0.29) is 23.5 Å². The van der Waals surface area contributed by atoms with E-state index < -0.39 is 9.84 Å². The van der Waals surface area contributed by atoms with E-state index in [1.807, 2.05) is 0 Å². The van der Waals surface area contributed by atoms with E-state index in [4.69, 9.17) is 9.47 Å². The van der Waals surface area contributed by atoms with Gasteiger partial charge in [0.15, 0.2) is 9.84 Å². The first-order valence-electron chi connectivity index (χ1n) is 6.58. The highest BCUT2D eigenvalue weighted by Gasteiger charge is 2.34. The summed E-state index contributed by atoms with van der Waals surface area (Å²) in [5.74, 6) is 0.649. The van der Waals surface area contributed by atoms with Crippen molar-refractivity contribution in [2.75, 3.05) is 32.8 Å². The monoisotopic (exact) mass is 313 g/mol. The molecule has 1 aliphatic heterocycles. The Bertz CT molecular complexity index is 619. The molecule has 1 atom stereocenters. The number of hydrogen-bond donors (Lipinski definition) is 0. The quantitative estimate of drug-likeness (QED) is 0.828. The van der Waals surface area contributed by atoms with Crippen molar-refractivity contribution < 1.29 is 22.7 Å². The molecule has 0 aromatic heterocycles. The lowest BCUT2D eigenvalue weighted by Gasteiger charge is -2.25. The number of amides is 1. The Morgan fingerprint density at radius 1 is 1.24 bits per heavy atom. The Morgan fingerprint density at radius 2 is 1.81 bits per heavy atom. The molecule has 1 fully saturated rings. The Hall–Kier alpha value is -1.76. The van der Waals surface area contributed by atoms with Crippen molar-refractivity contribution >= 4 is 15.7 Å². The molecule has 1 saturated heterocycles. The average Bonchev–Trinajstić information content (AvgIpc) is 2.84. The second-order valence-corrected chi connectivity index (χ2v) is 7.24. The number of nitrogens with zero attached hydrogens (tertiary/aromatic N) is 1. The minimum Gasteiger partial charge on any atom is -0.496 e. The fraction of sp³-hybridized carbons (Fsp3) is 0.500. The summed E-state index contributed by atoms with van der Waals surface area (Å²) in [5, 5.41) is 0. The highest BCUT2D eigenvalue weighted by Crippen LogP contribution is 2.30. The van der Waals surface area contributed by atoms with Crippen LogP contribution in [0.3, 0.4) is 0 Å². The number of ether oxygens (including phenoxy) is 2. The number of benzene rings is 1. The topological polar surface area (TPSA) is 72.9 Å². The van der Waals surface area contributed by atoms with Gasteiger partial charge in [0.25, 0.3) is 5.91 Å². The molecular weight excluding hydrogens is 294 g/mol. The molecular formula is C14H19NO5S. The maximum atomic E-state index is 12.7. The Kier molecular flexibility index (Phi) is 4.41. The molecule has 2 rings (SSSR count). The zero-order valence-electron chi connectivity index (χ0n) is 12.3. The molecule has 1 unspecified atom stereocenters. The summed E-state index contributed by atoms with van der Waals surface area (Å²) in [6.45, 7) is 0. The minimum absolute atomic E-state index is 0.00665. The molecule has 21 heavy (non-hydrogen) atoms. The lowest BCUT2D eigenvalue weighted by atomic mass is 10.1. The van der Waals surface area contributed by atoms with Crippen LogP contribution in [0.2, 0.25) is 0 Å². The zero-order chi connectivity index (χ0) is 15.6. The van der Waals surface area contributed by atoms with Crippen LogP contribution in [-0.4, -0.2) is 58.0 Å². The largest absolute Gasteiger partial charge is 0.496 e. The van der Waals surface area contributed by atoms with Gasteiger partial charge in [0.2, 0.25) is 0 Å². The summed E-state index contributed by atoms with van der Waals surface area (Å²) in [4.78, 5) is 14.1. The fourth-order valence-corrected chi connectivity index (χ4v) is 4.26. The minimum atomic E-state index is -3.04. The fourth-order valence-electron chi connectivity index (χ4n) is 2.49. The highest BCUT2D eigenvalue weighted by molar-refractivity contribution is 7.91. The number of hydrogen-bond acceptors (Lipinski definition) is 5. The van der Waals surface area contributed by atoms with Crippen molar-refractivity contribution in [1.82, 2.24) is 4.90 Å². The van der Waals surface area contributed by atoms with Crippen LogP contribution >= 0.6 is 0 Å². The Labute approximate surface area is 124 Å². The third-order valence-electron chi connectivity index (χ3n) is 3.72. The summed E-state index contributed by atoms with van der Waals surface area (Å²) in [7, 11) is 1.52. The standard InChI is InChI=1S/C14H19NO5S/c1-15(10-7-8-21(17,18)9-10)14(16)13-11(19-2)5-4-6-12(13)20-3/h4-6,10H,7-9H2,1-3H3. The lowest BCUT2D eigenvalue weighted by molar-refractivity contribution is 0.0740. The number of carbonyl (C=O) groups is 1. The zero-order valence-corrected chi connectivity index (χ0v) is 13.1. The van der Waals surface area contributed by atoms with E-state index in [0.717, 1.165) is 0 Å². The van der Waals surface area contributed by atoms with Crippen molar-refractivity contribution in [3.05, 3.63) is 23.8 Å². The lowest BCUT2D eigenvalue weighted by Crippen LogP contribution is -2.38. The van der Waals surface area contributed by atoms with Gasteiger partial charge in [-0.25, -0.2) is 8.42 Å². The maximum Gasteiger partial charge on any atom is 0.261 e. The molecule has 1 heterocycles. The van der Waals surface area contributed by atoms with Crippen molar-refractivity contribution in [1.29, 1.82) is 0 Å². The number of methoxy groups -OCH3 is 2. The molecule has 0 saturated carbocycles. The van der Waals surface area contributed by atoms with Crippen LogP contribution in [0.1, 0.15) is 16.8 Å². The van der Waals surface area contributed by atoms with E-state index in [1.165, 1.54) is 19.1 Å². The highest BCUT2D eigenvalue weighted by atomic mass is 32.2. The molecule has 1 aromatic rings. The van der Waals surface area contributed by atoms with Gasteiger partial charge in [0, 0.05) is 13.1 Å². The SMILES string of the molecule is COc1cccc(OC)c1C(=O)N(C)C1CCS(=O)(=O)C1. The molecule has 0 aliphatic carbocycles. The van der Waals surface area contributed by atoms with E-state index in [2.05, 4.69) is 0 Å². The second-order valence-electron chi connectivity index (χ2n) is 5.01. The van der Waals surface area contributed by atoms with Crippen molar-refractivity contribution in [2.24, 2.45) is 0 Å². The van der Waals surface area contributed by atoms with Gasteiger partial charge < -0.3 is 14.4 Å². The predicted octanol–water partition coefficient (Wildman–Crippen LogP) is 0.963. The van der Waals surface area contributed by atoms with Gasteiger partial charge in [-0.3, -0.25) is 4.79 Å². The molecule has 0 N–H and O–H groups in total. The molecule has 1 aliphatic rings. The summed E-state index contributed by atoms with van der Waals surface area (Å²) in [6.07, 6.45) is 0.460. The average molecular weight is 313 g/mol. The van der Waals surface area contributed by atoms with Crippen LogP contribution in [0.25, 0.3) is 0 Å². The Balaban J connectivity index is 2.32.